The predicted molar refractivity (Wildman–Crippen MR) is 98.6 cm³/mol. The van der Waals surface area contributed by atoms with Crippen molar-refractivity contribution in [1.82, 2.24) is 9.97 Å². The van der Waals surface area contributed by atoms with Gasteiger partial charge in [-0.05, 0) is 30.9 Å². The highest BCUT2D eigenvalue weighted by atomic mass is 19.1. The van der Waals surface area contributed by atoms with E-state index in [0.717, 1.165) is 31.0 Å². The number of nitrogens with two attached hydrogens (primary N) is 2. The number of hydrogen-bond acceptors (Lipinski definition) is 6. The lowest BCUT2D eigenvalue weighted by atomic mass is 9.95. The Balaban J connectivity index is 1.91. The minimum Gasteiger partial charge on any atom is -0.365 e. The molecule has 1 atom stereocenters. The molecule has 7 nitrogen and oxygen atoms in total. The number of carbonyl (C=O) groups is 1. The zero-order valence-electron chi connectivity index (χ0n) is 15.1. The van der Waals surface area contributed by atoms with E-state index < -0.39 is 17.5 Å². The van der Waals surface area contributed by atoms with Gasteiger partial charge in [0.25, 0.3) is 5.91 Å². The molecule has 2 aromatic rings. The Bertz CT molecular complexity index is 849. The van der Waals surface area contributed by atoms with E-state index in [9.17, 15) is 13.6 Å². The van der Waals surface area contributed by atoms with Gasteiger partial charge in [-0.2, -0.15) is 4.98 Å². The minimum absolute atomic E-state index is 0.000185. The summed E-state index contributed by atoms with van der Waals surface area (Å²) in [4.78, 5) is 20.1. The normalized spacial score (nSPS) is 16.1. The van der Waals surface area contributed by atoms with Crippen molar-refractivity contribution in [3.05, 3.63) is 41.6 Å². The Morgan fingerprint density at radius 1 is 1.22 bits per heavy atom. The Labute approximate surface area is 155 Å². The fourth-order valence-electron chi connectivity index (χ4n) is 3.06. The topological polar surface area (TPSA) is 119 Å². The molecule has 1 heterocycles. The van der Waals surface area contributed by atoms with Crippen LogP contribution >= 0.6 is 0 Å². The monoisotopic (exact) mass is 376 g/mol. The van der Waals surface area contributed by atoms with Gasteiger partial charge in [0.05, 0.1) is 0 Å². The van der Waals surface area contributed by atoms with Crippen molar-refractivity contribution in [3.63, 3.8) is 0 Å². The zero-order chi connectivity index (χ0) is 19.8. The van der Waals surface area contributed by atoms with Crippen molar-refractivity contribution in [1.29, 1.82) is 0 Å². The third kappa shape index (κ3) is 4.30. The van der Waals surface area contributed by atoms with Crippen molar-refractivity contribution < 1.29 is 13.6 Å². The molecule has 6 N–H and O–H groups in total. The van der Waals surface area contributed by atoms with Crippen LogP contribution in [0.4, 0.5) is 26.2 Å². The van der Waals surface area contributed by atoms with Crippen molar-refractivity contribution in [2.24, 2.45) is 17.4 Å². The molecule has 0 unspecified atom stereocenters. The molecule has 1 saturated carbocycles. The number of primary amides is 1. The largest absolute Gasteiger partial charge is 0.365 e. The fourth-order valence-corrected chi connectivity index (χ4v) is 3.06. The summed E-state index contributed by atoms with van der Waals surface area (Å²) >= 11 is 0. The van der Waals surface area contributed by atoms with Gasteiger partial charge in [-0.15, -0.1) is 0 Å². The van der Waals surface area contributed by atoms with Crippen LogP contribution in [0.25, 0.3) is 0 Å². The second-order valence-electron chi connectivity index (χ2n) is 7.20. The lowest BCUT2D eigenvalue weighted by molar-refractivity contribution is 0.100. The second-order valence-corrected chi connectivity index (χ2v) is 7.20. The smallest absolute Gasteiger partial charge is 0.254 e. The van der Waals surface area contributed by atoms with Gasteiger partial charge in [-0.1, -0.05) is 13.8 Å². The van der Waals surface area contributed by atoms with Crippen molar-refractivity contribution in [3.8, 4) is 0 Å². The number of carbonyl (C=O) groups excluding carboxylic acids is 1. The van der Waals surface area contributed by atoms with Crippen LogP contribution in [0.3, 0.4) is 0 Å². The number of nitrogens with zero attached hydrogens (tertiary/aromatic N) is 2. The molecule has 9 heteroatoms. The van der Waals surface area contributed by atoms with E-state index in [1.807, 2.05) is 13.8 Å². The molecule has 144 valence electrons. The first kappa shape index (κ1) is 19.0. The highest BCUT2D eigenvalue weighted by molar-refractivity contribution is 5.98. The average Bonchev–Trinajstić information content (AvgIpc) is 3.29. The summed E-state index contributed by atoms with van der Waals surface area (Å²) in [7, 11) is 0. The number of amides is 1. The van der Waals surface area contributed by atoms with E-state index in [0.29, 0.717) is 0 Å². The van der Waals surface area contributed by atoms with Crippen LogP contribution in [0.5, 0.6) is 0 Å². The summed E-state index contributed by atoms with van der Waals surface area (Å²) in [5.41, 5.74) is 11.5. The van der Waals surface area contributed by atoms with Gasteiger partial charge in [0.1, 0.15) is 23.0 Å². The van der Waals surface area contributed by atoms with Crippen LogP contribution in [0.15, 0.2) is 24.4 Å². The first-order valence-corrected chi connectivity index (χ1v) is 8.63. The zero-order valence-corrected chi connectivity index (χ0v) is 15.1. The van der Waals surface area contributed by atoms with Gasteiger partial charge >= 0.3 is 0 Å². The van der Waals surface area contributed by atoms with Crippen molar-refractivity contribution >= 4 is 23.4 Å². The maximum Gasteiger partial charge on any atom is 0.254 e. The number of rotatable bonds is 7. The molecule has 1 aliphatic carbocycles. The number of benzene rings is 1. The molecule has 0 saturated heterocycles. The van der Waals surface area contributed by atoms with Crippen LogP contribution in [0, 0.1) is 17.6 Å². The highest BCUT2D eigenvalue weighted by Gasteiger charge is 2.47. The van der Waals surface area contributed by atoms with E-state index in [2.05, 4.69) is 20.6 Å². The molecule has 1 aliphatic rings. The number of halogens is 2. The molecular formula is C18H22F2N6O. The van der Waals surface area contributed by atoms with Crippen LogP contribution in [-0.4, -0.2) is 27.5 Å². The first-order valence-electron chi connectivity index (χ1n) is 8.63. The molecule has 27 heavy (non-hydrogen) atoms. The van der Waals surface area contributed by atoms with Gasteiger partial charge in [0.2, 0.25) is 5.95 Å². The molecule has 1 aromatic heterocycles. The van der Waals surface area contributed by atoms with Gasteiger partial charge < -0.3 is 22.1 Å². The highest BCUT2D eigenvalue weighted by Crippen LogP contribution is 2.39. The minimum atomic E-state index is -0.765. The molecule has 0 radical (unpaired) electrons. The van der Waals surface area contributed by atoms with E-state index in [1.165, 1.54) is 6.20 Å². The van der Waals surface area contributed by atoms with Crippen LogP contribution < -0.4 is 22.1 Å². The molecule has 0 aliphatic heterocycles. The van der Waals surface area contributed by atoms with Crippen LogP contribution in [0.2, 0.25) is 0 Å². The second kappa shape index (κ2) is 7.07. The lowest BCUT2D eigenvalue weighted by Crippen LogP contribution is -2.46. The molecule has 3 rings (SSSR count). The number of anilines is 3. The van der Waals surface area contributed by atoms with E-state index in [4.69, 9.17) is 11.5 Å². The van der Waals surface area contributed by atoms with Crippen molar-refractivity contribution in [2.75, 3.05) is 10.6 Å². The molecule has 0 bridgehead atoms. The van der Waals surface area contributed by atoms with Gasteiger partial charge in [0, 0.05) is 29.5 Å². The fraction of sp³-hybridized carbons (Fsp3) is 0.389. The lowest BCUT2D eigenvalue weighted by Gasteiger charge is -2.28. The summed E-state index contributed by atoms with van der Waals surface area (Å²) in [6.07, 6.45) is 3.06. The van der Waals surface area contributed by atoms with E-state index >= 15 is 0 Å². The van der Waals surface area contributed by atoms with Crippen LogP contribution in [0.1, 0.15) is 37.0 Å². The standard InChI is InChI=1S/C18H22F2N6O/c1-9(2)14(18(22)3-4-18)25-17-23-8-13(15(21)27)16(26-17)24-12-6-10(19)5-11(20)7-12/h5-9,14H,3-4,22H2,1-2H3,(H2,21,27)(H2,23,24,25,26)/t14-/m1/s1. The maximum absolute atomic E-state index is 13.4. The molecule has 1 fully saturated rings. The summed E-state index contributed by atoms with van der Waals surface area (Å²) in [6, 6.07) is 2.85. The molecule has 1 aromatic carbocycles. The van der Waals surface area contributed by atoms with Gasteiger partial charge in [0.15, 0.2) is 0 Å². The maximum atomic E-state index is 13.4. The summed E-state index contributed by atoms with van der Waals surface area (Å²) in [5, 5.41) is 5.94. The van der Waals surface area contributed by atoms with Gasteiger partial charge in [-0.25, -0.2) is 13.8 Å². The summed E-state index contributed by atoms with van der Waals surface area (Å²) in [5.74, 6) is -1.76. The SMILES string of the molecule is CC(C)[C@@H](Nc1ncc(C(N)=O)c(Nc2cc(F)cc(F)c2)n1)C1(N)CC1. The third-order valence-electron chi connectivity index (χ3n) is 4.58. The Hall–Kier alpha value is -2.81. The Morgan fingerprint density at radius 2 is 1.85 bits per heavy atom. The van der Waals surface area contributed by atoms with E-state index in [-0.39, 0.29) is 40.5 Å². The summed E-state index contributed by atoms with van der Waals surface area (Å²) < 4.78 is 26.9. The third-order valence-corrected chi connectivity index (χ3v) is 4.58. The quantitative estimate of drug-likeness (QED) is 0.590. The summed E-state index contributed by atoms with van der Waals surface area (Å²) in [6.45, 7) is 4.08. The average molecular weight is 376 g/mol. The van der Waals surface area contributed by atoms with E-state index in [1.54, 1.807) is 0 Å². The Kier molecular flexibility index (Phi) is 4.97. The predicted octanol–water partition coefficient (Wildman–Crippen LogP) is 2.53. The van der Waals surface area contributed by atoms with Crippen molar-refractivity contribution in [2.45, 2.75) is 38.3 Å². The van der Waals surface area contributed by atoms with Crippen LogP contribution in [-0.2, 0) is 0 Å². The number of nitrogens with one attached hydrogen (secondary N) is 2. The number of aromatic nitrogens is 2. The molecule has 1 amide bonds. The Morgan fingerprint density at radius 3 is 2.37 bits per heavy atom. The van der Waals surface area contributed by atoms with Gasteiger partial charge in [-0.3, -0.25) is 4.79 Å². The molecule has 0 spiro atoms. The number of hydrogen-bond donors (Lipinski definition) is 4. The molecular weight excluding hydrogens is 354 g/mol. The first-order chi connectivity index (χ1) is 12.7.